The van der Waals surface area contributed by atoms with Gasteiger partial charge in [-0.3, -0.25) is 4.79 Å². The number of hydrogen-bond acceptors (Lipinski definition) is 3. The Kier molecular flexibility index (Phi) is 4.99. The molecule has 1 aliphatic heterocycles. The average molecular weight is 325 g/mol. The predicted molar refractivity (Wildman–Crippen MR) is 79.2 cm³/mol. The number of hydrogen-bond donors (Lipinski definition) is 1. The zero-order valence-electron chi connectivity index (χ0n) is 10.9. The van der Waals surface area contributed by atoms with E-state index < -0.39 is 0 Å². The number of carbonyl (C=O) groups is 1. The van der Waals surface area contributed by atoms with Gasteiger partial charge in [0.05, 0.1) is 7.11 Å². The van der Waals surface area contributed by atoms with Crippen molar-refractivity contribution in [1.29, 1.82) is 0 Å². The maximum absolute atomic E-state index is 12.0. The van der Waals surface area contributed by atoms with Crippen molar-refractivity contribution in [3.8, 4) is 5.75 Å². The van der Waals surface area contributed by atoms with E-state index in [-0.39, 0.29) is 5.91 Å². The molecule has 1 aliphatic rings. The molecule has 2 rings (SSSR count). The second kappa shape index (κ2) is 6.73. The number of halogens is 1. The molecule has 0 unspecified atom stereocenters. The van der Waals surface area contributed by atoms with E-state index in [1.165, 1.54) is 0 Å². The quantitative estimate of drug-likeness (QED) is 0.863. The third kappa shape index (κ3) is 3.81. The fourth-order valence-corrected chi connectivity index (χ4v) is 2.37. The molecule has 0 spiro atoms. The molecule has 0 aliphatic carbocycles. The Balaban J connectivity index is 2.08. The van der Waals surface area contributed by atoms with Gasteiger partial charge in [-0.1, -0.05) is 15.9 Å². The number of amides is 1. The van der Waals surface area contributed by atoms with E-state index in [1.807, 2.05) is 23.1 Å². The molecule has 1 aromatic carbocycles. The zero-order valence-corrected chi connectivity index (χ0v) is 12.4. The molecule has 4 nitrogen and oxygen atoms in total. The molecule has 0 radical (unpaired) electrons. The van der Waals surface area contributed by atoms with Crippen LogP contribution in [-0.4, -0.2) is 44.1 Å². The second-order valence-electron chi connectivity index (χ2n) is 4.29. The van der Waals surface area contributed by atoms with Crippen molar-refractivity contribution in [1.82, 2.24) is 10.2 Å². The molecule has 1 fully saturated rings. The number of rotatable bonds is 3. The standard InChI is InChI=1S/C14H17BrN2O2/c1-19-13-4-3-12(15)10-11(13)2-5-14(18)17-8-6-16-7-9-17/h2-5,10,16H,6-9H2,1H3/b5-2+. The Bertz CT molecular complexity index is 482. The lowest BCUT2D eigenvalue weighted by atomic mass is 10.2. The number of methoxy groups -OCH3 is 1. The first-order chi connectivity index (χ1) is 9.20. The van der Waals surface area contributed by atoms with E-state index in [1.54, 1.807) is 19.3 Å². The van der Waals surface area contributed by atoms with E-state index in [0.29, 0.717) is 0 Å². The van der Waals surface area contributed by atoms with Crippen molar-refractivity contribution >= 4 is 27.9 Å². The van der Waals surface area contributed by atoms with E-state index >= 15 is 0 Å². The Morgan fingerprint density at radius 1 is 1.42 bits per heavy atom. The largest absolute Gasteiger partial charge is 0.496 e. The lowest BCUT2D eigenvalue weighted by molar-refractivity contribution is -0.126. The molecular weight excluding hydrogens is 308 g/mol. The van der Waals surface area contributed by atoms with Crippen LogP contribution in [0.4, 0.5) is 0 Å². The lowest BCUT2D eigenvalue weighted by Crippen LogP contribution is -2.45. The molecule has 1 saturated heterocycles. The van der Waals surface area contributed by atoms with Crippen LogP contribution in [0.3, 0.4) is 0 Å². The topological polar surface area (TPSA) is 41.6 Å². The highest BCUT2D eigenvalue weighted by atomic mass is 79.9. The molecule has 1 amide bonds. The summed E-state index contributed by atoms with van der Waals surface area (Å²) in [7, 11) is 1.62. The van der Waals surface area contributed by atoms with Gasteiger partial charge in [-0.2, -0.15) is 0 Å². The number of ether oxygens (including phenoxy) is 1. The summed E-state index contributed by atoms with van der Waals surface area (Å²) in [5, 5.41) is 3.22. The van der Waals surface area contributed by atoms with Crippen molar-refractivity contribution in [2.24, 2.45) is 0 Å². The first-order valence-corrected chi connectivity index (χ1v) is 7.01. The molecule has 102 valence electrons. The minimum Gasteiger partial charge on any atom is -0.496 e. The Labute approximate surface area is 121 Å². The molecule has 1 N–H and O–H groups in total. The highest BCUT2D eigenvalue weighted by Crippen LogP contribution is 2.24. The number of carbonyl (C=O) groups excluding carboxylic acids is 1. The van der Waals surface area contributed by atoms with Crippen LogP contribution in [0.1, 0.15) is 5.56 Å². The summed E-state index contributed by atoms with van der Waals surface area (Å²) in [5.41, 5.74) is 0.889. The molecular formula is C14H17BrN2O2. The lowest BCUT2D eigenvalue weighted by Gasteiger charge is -2.26. The fraction of sp³-hybridized carbons (Fsp3) is 0.357. The van der Waals surface area contributed by atoms with Crippen molar-refractivity contribution in [3.05, 3.63) is 34.3 Å². The molecule has 5 heteroatoms. The number of benzene rings is 1. The van der Waals surface area contributed by atoms with E-state index in [4.69, 9.17) is 4.74 Å². The third-order valence-corrected chi connectivity index (χ3v) is 3.52. The van der Waals surface area contributed by atoms with Crippen molar-refractivity contribution in [2.45, 2.75) is 0 Å². The zero-order chi connectivity index (χ0) is 13.7. The van der Waals surface area contributed by atoms with Gasteiger partial charge in [0.15, 0.2) is 0 Å². The van der Waals surface area contributed by atoms with Gasteiger partial charge >= 0.3 is 0 Å². The van der Waals surface area contributed by atoms with Crippen LogP contribution < -0.4 is 10.1 Å². The van der Waals surface area contributed by atoms with Crippen molar-refractivity contribution in [2.75, 3.05) is 33.3 Å². The Morgan fingerprint density at radius 3 is 2.84 bits per heavy atom. The van der Waals surface area contributed by atoms with Gasteiger partial charge in [-0.25, -0.2) is 0 Å². The van der Waals surface area contributed by atoms with Crippen LogP contribution in [-0.2, 0) is 4.79 Å². The summed E-state index contributed by atoms with van der Waals surface area (Å²) >= 11 is 3.42. The van der Waals surface area contributed by atoms with Gasteiger partial charge in [0.25, 0.3) is 0 Å². The summed E-state index contributed by atoms with van der Waals surface area (Å²) < 4.78 is 6.23. The van der Waals surface area contributed by atoms with Gasteiger partial charge in [-0.05, 0) is 24.3 Å². The van der Waals surface area contributed by atoms with Gasteiger partial charge in [0.2, 0.25) is 5.91 Å². The molecule has 0 atom stereocenters. The average Bonchev–Trinajstić information content (AvgIpc) is 2.46. The van der Waals surface area contributed by atoms with Gasteiger partial charge in [-0.15, -0.1) is 0 Å². The predicted octanol–water partition coefficient (Wildman–Crippen LogP) is 1.90. The molecule has 0 saturated carbocycles. The number of nitrogens with zero attached hydrogens (tertiary/aromatic N) is 1. The van der Waals surface area contributed by atoms with Gasteiger partial charge < -0.3 is 15.0 Å². The second-order valence-corrected chi connectivity index (χ2v) is 5.21. The minimum atomic E-state index is 0.0449. The summed E-state index contributed by atoms with van der Waals surface area (Å²) in [4.78, 5) is 13.9. The third-order valence-electron chi connectivity index (χ3n) is 3.03. The van der Waals surface area contributed by atoms with Crippen LogP contribution in [0.5, 0.6) is 5.75 Å². The normalized spacial score (nSPS) is 15.8. The summed E-state index contributed by atoms with van der Waals surface area (Å²) in [5.74, 6) is 0.802. The van der Waals surface area contributed by atoms with Crippen LogP contribution in [0, 0.1) is 0 Å². The summed E-state index contributed by atoms with van der Waals surface area (Å²) in [6.45, 7) is 3.25. The number of piperazine rings is 1. The van der Waals surface area contributed by atoms with E-state index in [0.717, 1.165) is 42.0 Å². The van der Waals surface area contributed by atoms with Crippen LogP contribution >= 0.6 is 15.9 Å². The molecule has 1 heterocycles. The minimum absolute atomic E-state index is 0.0449. The smallest absolute Gasteiger partial charge is 0.246 e. The van der Waals surface area contributed by atoms with E-state index in [2.05, 4.69) is 21.2 Å². The highest BCUT2D eigenvalue weighted by molar-refractivity contribution is 9.10. The Hall–Kier alpha value is -1.33. The van der Waals surface area contributed by atoms with Crippen molar-refractivity contribution < 1.29 is 9.53 Å². The molecule has 19 heavy (non-hydrogen) atoms. The fourth-order valence-electron chi connectivity index (χ4n) is 1.99. The molecule has 0 bridgehead atoms. The summed E-state index contributed by atoms with van der Waals surface area (Å²) in [6.07, 6.45) is 3.41. The van der Waals surface area contributed by atoms with Crippen LogP contribution in [0.15, 0.2) is 28.7 Å². The molecule has 0 aromatic heterocycles. The SMILES string of the molecule is COc1ccc(Br)cc1/C=C/C(=O)N1CCNCC1. The monoisotopic (exact) mass is 324 g/mol. The van der Waals surface area contributed by atoms with Crippen LogP contribution in [0.25, 0.3) is 6.08 Å². The van der Waals surface area contributed by atoms with Gasteiger partial charge in [0.1, 0.15) is 5.75 Å². The maximum Gasteiger partial charge on any atom is 0.246 e. The highest BCUT2D eigenvalue weighted by Gasteiger charge is 2.13. The molecule has 1 aromatic rings. The Morgan fingerprint density at radius 2 is 2.16 bits per heavy atom. The van der Waals surface area contributed by atoms with Gasteiger partial charge in [0, 0.05) is 42.3 Å². The van der Waals surface area contributed by atoms with E-state index in [9.17, 15) is 4.79 Å². The maximum atomic E-state index is 12.0. The summed E-state index contributed by atoms with van der Waals surface area (Å²) in [6, 6.07) is 5.72. The van der Waals surface area contributed by atoms with Crippen molar-refractivity contribution in [3.63, 3.8) is 0 Å². The van der Waals surface area contributed by atoms with Crippen LogP contribution in [0.2, 0.25) is 0 Å². The number of nitrogens with one attached hydrogen (secondary N) is 1. The first-order valence-electron chi connectivity index (χ1n) is 6.22. The first kappa shape index (κ1) is 14.1.